The molecule has 1 aliphatic heterocycles. The van der Waals surface area contributed by atoms with Crippen molar-refractivity contribution >= 4 is 10.9 Å². The fraction of sp³-hybridized carbons (Fsp3) is 0.176. The Morgan fingerprint density at radius 3 is 2.65 bits per heavy atom. The number of rotatable bonds is 1. The van der Waals surface area contributed by atoms with Crippen molar-refractivity contribution in [3.8, 4) is 5.75 Å². The van der Waals surface area contributed by atoms with E-state index in [0.29, 0.717) is 18.2 Å². The second-order valence-corrected chi connectivity index (χ2v) is 5.69. The zero-order chi connectivity index (χ0) is 16.1. The number of aromatic amines is 1. The van der Waals surface area contributed by atoms with Gasteiger partial charge in [0.1, 0.15) is 17.7 Å². The lowest BCUT2D eigenvalue weighted by Gasteiger charge is -2.32. The molecule has 0 saturated heterocycles. The monoisotopic (exact) mass is 318 g/mol. The third kappa shape index (κ3) is 2.17. The summed E-state index contributed by atoms with van der Waals surface area (Å²) in [7, 11) is 0. The minimum atomic E-state index is -1.23. The van der Waals surface area contributed by atoms with Crippen LogP contribution in [0, 0.1) is 17.5 Å². The van der Waals surface area contributed by atoms with Crippen LogP contribution in [0.1, 0.15) is 17.2 Å². The normalized spacial score (nSPS) is 20.3. The summed E-state index contributed by atoms with van der Waals surface area (Å²) in [5.41, 5.74) is 7.80. The van der Waals surface area contributed by atoms with E-state index in [9.17, 15) is 13.2 Å². The minimum Gasteiger partial charge on any atom is -0.483 e. The number of hydrogen-bond donors (Lipinski definition) is 2. The predicted octanol–water partition coefficient (Wildman–Crippen LogP) is 3.59. The van der Waals surface area contributed by atoms with Gasteiger partial charge in [0, 0.05) is 28.7 Å². The van der Waals surface area contributed by atoms with Crippen LogP contribution in [-0.4, -0.2) is 11.0 Å². The van der Waals surface area contributed by atoms with Crippen LogP contribution in [0.5, 0.6) is 5.75 Å². The molecule has 3 nitrogen and oxygen atoms in total. The summed E-state index contributed by atoms with van der Waals surface area (Å²) in [5, 5.41) is 0.849. The highest BCUT2D eigenvalue weighted by Crippen LogP contribution is 2.40. The van der Waals surface area contributed by atoms with Crippen molar-refractivity contribution < 1.29 is 17.9 Å². The molecule has 2 atom stereocenters. The third-order valence-electron chi connectivity index (χ3n) is 4.20. The van der Waals surface area contributed by atoms with Gasteiger partial charge in [0.05, 0.1) is 6.04 Å². The molecule has 3 N–H and O–H groups in total. The number of nitrogens with one attached hydrogen (secondary N) is 1. The maximum Gasteiger partial charge on any atom is 0.161 e. The molecule has 0 amide bonds. The first-order valence-electron chi connectivity index (χ1n) is 7.20. The fourth-order valence-electron chi connectivity index (χ4n) is 3.08. The molecule has 2 heterocycles. The first-order valence-corrected chi connectivity index (χ1v) is 7.20. The van der Waals surface area contributed by atoms with E-state index in [4.69, 9.17) is 10.5 Å². The van der Waals surface area contributed by atoms with Crippen LogP contribution < -0.4 is 10.5 Å². The highest BCUT2D eigenvalue weighted by molar-refractivity contribution is 5.87. The van der Waals surface area contributed by atoms with Crippen LogP contribution in [0.15, 0.2) is 36.5 Å². The summed E-state index contributed by atoms with van der Waals surface area (Å²) in [4.78, 5) is 3.07. The van der Waals surface area contributed by atoms with Crippen LogP contribution in [0.25, 0.3) is 10.9 Å². The van der Waals surface area contributed by atoms with Crippen LogP contribution in [-0.2, 0) is 6.42 Å². The Morgan fingerprint density at radius 2 is 1.83 bits per heavy atom. The van der Waals surface area contributed by atoms with Crippen LogP contribution in [0.2, 0.25) is 0 Å². The smallest absolute Gasteiger partial charge is 0.161 e. The summed E-state index contributed by atoms with van der Waals surface area (Å²) in [6.45, 7) is 0. The van der Waals surface area contributed by atoms with Gasteiger partial charge in [-0.05, 0) is 30.2 Å². The molecule has 0 bridgehead atoms. The lowest BCUT2D eigenvalue weighted by atomic mass is 9.92. The second-order valence-electron chi connectivity index (χ2n) is 5.69. The zero-order valence-corrected chi connectivity index (χ0v) is 11.9. The average Bonchev–Trinajstić information content (AvgIpc) is 2.99. The topological polar surface area (TPSA) is 51.0 Å². The number of aromatic nitrogens is 1. The van der Waals surface area contributed by atoms with Crippen molar-refractivity contribution in [3.05, 3.63) is 65.1 Å². The molecule has 0 aliphatic carbocycles. The molecular weight excluding hydrogens is 305 g/mol. The van der Waals surface area contributed by atoms with Gasteiger partial charge in [-0.3, -0.25) is 0 Å². The number of hydrogen-bond acceptors (Lipinski definition) is 2. The van der Waals surface area contributed by atoms with E-state index >= 15 is 0 Å². The Bertz CT molecular complexity index is 906. The van der Waals surface area contributed by atoms with Gasteiger partial charge in [-0.25, -0.2) is 13.2 Å². The number of ether oxygens (including phenoxy) is 1. The second kappa shape index (κ2) is 5.03. The van der Waals surface area contributed by atoms with Gasteiger partial charge >= 0.3 is 0 Å². The van der Waals surface area contributed by atoms with E-state index in [1.807, 2.05) is 18.2 Å². The number of halogens is 3. The van der Waals surface area contributed by atoms with E-state index in [0.717, 1.165) is 22.5 Å². The van der Waals surface area contributed by atoms with Crippen LogP contribution >= 0.6 is 0 Å². The molecular formula is C17H13F3N2O. The van der Waals surface area contributed by atoms with Crippen molar-refractivity contribution in [1.82, 2.24) is 4.98 Å². The van der Waals surface area contributed by atoms with E-state index in [1.54, 1.807) is 6.20 Å². The summed E-state index contributed by atoms with van der Waals surface area (Å²) in [6, 6.07) is 6.45. The van der Waals surface area contributed by atoms with Gasteiger partial charge < -0.3 is 15.5 Å². The van der Waals surface area contributed by atoms with Gasteiger partial charge in [-0.1, -0.05) is 6.07 Å². The average molecular weight is 318 g/mol. The molecule has 4 rings (SSSR count). The molecule has 1 aliphatic rings. The van der Waals surface area contributed by atoms with E-state index < -0.39 is 29.6 Å². The lowest BCUT2D eigenvalue weighted by molar-refractivity contribution is 0.151. The molecule has 118 valence electrons. The number of H-pyrrole nitrogens is 1. The van der Waals surface area contributed by atoms with Crippen molar-refractivity contribution in [1.29, 1.82) is 0 Å². The third-order valence-corrected chi connectivity index (χ3v) is 4.20. The SMILES string of the molecule is NC1Cc2ccc3[nH]ccc3c2OC1c1cc(F)c(F)cc1F. The molecule has 2 aromatic carbocycles. The molecule has 6 heteroatoms. The highest BCUT2D eigenvalue weighted by Gasteiger charge is 2.32. The van der Waals surface area contributed by atoms with Crippen LogP contribution in [0.3, 0.4) is 0 Å². The van der Waals surface area contributed by atoms with Crippen LogP contribution in [0.4, 0.5) is 13.2 Å². The number of fused-ring (bicyclic) bond motifs is 3. The van der Waals surface area contributed by atoms with Crippen molar-refractivity contribution in [2.24, 2.45) is 5.73 Å². The predicted molar refractivity (Wildman–Crippen MR) is 79.7 cm³/mol. The fourth-order valence-corrected chi connectivity index (χ4v) is 3.08. The van der Waals surface area contributed by atoms with Crippen molar-refractivity contribution in [2.45, 2.75) is 18.6 Å². The lowest BCUT2D eigenvalue weighted by Crippen LogP contribution is -2.38. The van der Waals surface area contributed by atoms with Gasteiger partial charge in [-0.15, -0.1) is 0 Å². The Kier molecular flexibility index (Phi) is 3.09. The molecule has 0 radical (unpaired) electrons. The Balaban J connectivity index is 1.83. The van der Waals surface area contributed by atoms with Gasteiger partial charge in [0.2, 0.25) is 0 Å². The van der Waals surface area contributed by atoms with Gasteiger partial charge in [0.25, 0.3) is 0 Å². The standard InChI is InChI=1S/C17H13F3N2O/c18-11-7-13(20)12(19)6-10(11)17-14(21)5-8-1-2-15-9(3-4-22-15)16(8)23-17/h1-4,6-7,14,17,22H,5,21H2. The first-order chi connectivity index (χ1) is 11.0. The highest BCUT2D eigenvalue weighted by atomic mass is 19.2. The largest absolute Gasteiger partial charge is 0.483 e. The van der Waals surface area contributed by atoms with E-state index in [1.165, 1.54) is 0 Å². The number of nitrogens with two attached hydrogens (primary N) is 1. The van der Waals surface area contributed by atoms with E-state index in [-0.39, 0.29) is 5.56 Å². The van der Waals surface area contributed by atoms with Crippen molar-refractivity contribution in [2.75, 3.05) is 0 Å². The Labute approximate surface area is 129 Å². The summed E-state index contributed by atoms with van der Waals surface area (Å²) < 4.78 is 46.6. The van der Waals surface area contributed by atoms with Crippen molar-refractivity contribution in [3.63, 3.8) is 0 Å². The molecule has 0 saturated carbocycles. The molecule has 23 heavy (non-hydrogen) atoms. The summed E-state index contributed by atoms with van der Waals surface area (Å²) >= 11 is 0. The molecule has 0 spiro atoms. The first kappa shape index (κ1) is 14.1. The summed E-state index contributed by atoms with van der Waals surface area (Å²) in [6.07, 6.45) is 1.35. The zero-order valence-electron chi connectivity index (χ0n) is 11.9. The van der Waals surface area contributed by atoms with Gasteiger partial charge in [0.15, 0.2) is 11.6 Å². The Morgan fingerprint density at radius 1 is 1.04 bits per heavy atom. The molecule has 3 aromatic rings. The number of benzene rings is 2. The molecule has 1 aromatic heterocycles. The minimum absolute atomic E-state index is 0.0745. The molecule has 2 unspecified atom stereocenters. The maximum absolute atomic E-state index is 14.1. The Hall–Kier alpha value is -2.47. The maximum atomic E-state index is 14.1. The molecule has 0 fully saturated rings. The quantitative estimate of drug-likeness (QED) is 0.674. The summed E-state index contributed by atoms with van der Waals surface area (Å²) in [5.74, 6) is -2.62. The van der Waals surface area contributed by atoms with Gasteiger partial charge in [-0.2, -0.15) is 0 Å². The van der Waals surface area contributed by atoms with E-state index in [2.05, 4.69) is 4.98 Å².